The van der Waals surface area contributed by atoms with E-state index in [2.05, 4.69) is 4.99 Å². The summed E-state index contributed by atoms with van der Waals surface area (Å²) >= 11 is 1.23. The Labute approximate surface area is 233 Å². The zero-order valence-electron chi connectivity index (χ0n) is 21.8. The van der Waals surface area contributed by atoms with Crippen LogP contribution in [0.15, 0.2) is 99.9 Å². The van der Waals surface area contributed by atoms with Crippen LogP contribution in [0.1, 0.15) is 36.6 Å². The van der Waals surface area contributed by atoms with E-state index in [1.54, 1.807) is 60.9 Å². The summed E-state index contributed by atoms with van der Waals surface area (Å²) in [6.45, 7) is 3.71. The normalized spacial score (nSPS) is 14.8. The van der Waals surface area contributed by atoms with Crippen molar-refractivity contribution in [2.45, 2.75) is 26.5 Å². The van der Waals surface area contributed by atoms with Crippen molar-refractivity contribution in [2.24, 2.45) is 4.99 Å². The Morgan fingerprint density at radius 3 is 2.60 bits per heavy atom. The van der Waals surface area contributed by atoms with Crippen LogP contribution < -0.4 is 19.6 Å². The molecular weight excluding hydrogens is 530 g/mol. The van der Waals surface area contributed by atoms with E-state index in [1.165, 1.54) is 17.4 Å². The highest BCUT2D eigenvalue weighted by Crippen LogP contribution is 2.30. The van der Waals surface area contributed by atoms with Gasteiger partial charge in [-0.1, -0.05) is 65.9 Å². The zero-order chi connectivity index (χ0) is 28.2. The second-order valence-electron chi connectivity index (χ2n) is 8.96. The molecule has 1 aliphatic rings. The number of benzene rings is 3. The van der Waals surface area contributed by atoms with Crippen LogP contribution >= 0.6 is 11.3 Å². The number of carbonyl (C=O) groups excluding carboxylic acids is 1. The maximum atomic E-state index is 13.7. The van der Waals surface area contributed by atoms with Crippen LogP contribution in [0.2, 0.25) is 0 Å². The van der Waals surface area contributed by atoms with Crippen LogP contribution in [0, 0.1) is 10.1 Å². The molecule has 0 bridgehead atoms. The van der Waals surface area contributed by atoms with Gasteiger partial charge >= 0.3 is 5.97 Å². The van der Waals surface area contributed by atoms with Crippen LogP contribution in [0.25, 0.3) is 6.08 Å². The first kappa shape index (κ1) is 26.8. The highest BCUT2D eigenvalue weighted by Gasteiger charge is 2.33. The lowest BCUT2D eigenvalue weighted by Gasteiger charge is -2.24. The number of rotatable bonds is 8. The molecule has 2 heterocycles. The predicted molar refractivity (Wildman–Crippen MR) is 151 cm³/mol. The van der Waals surface area contributed by atoms with Crippen molar-refractivity contribution < 1.29 is 19.2 Å². The monoisotopic (exact) mass is 555 g/mol. The summed E-state index contributed by atoms with van der Waals surface area (Å²) in [5, 5.41) is 11.3. The number of carbonyl (C=O) groups is 1. The molecule has 0 N–H and O–H groups in total. The Morgan fingerprint density at radius 1 is 1.10 bits per heavy atom. The molecule has 0 saturated carbocycles. The molecule has 0 unspecified atom stereocenters. The molecule has 0 fully saturated rings. The third-order valence-electron chi connectivity index (χ3n) is 6.37. The summed E-state index contributed by atoms with van der Waals surface area (Å²) in [5.74, 6) is -0.00216. The Kier molecular flexibility index (Phi) is 7.70. The standard InChI is InChI=1S/C30H25N3O6S/c1-3-38-29(35)26-19(2)31-30-32(27(26)21-11-5-4-6-12-21)28(34)25(40-30)17-20-10-9-14-23(16-20)39-18-22-13-7-8-15-24(22)33(36)37/h4-17,27H,3,18H2,1-2H3/b25-17-/t27-/m0/s1. The first-order valence-electron chi connectivity index (χ1n) is 12.6. The first-order valence-corrected chi connectivity index (χ1v) is 13.4. The largest absolute Gasteiger partial charge is 0.489 e. The minimum Gasteiger partial charge on any atom is -0.489 e. The van der Waals surface area contributed by atoms with Gasteiger partial charge in [-0.05, 0) is 49.2 Å². The molecule has 1 atom stereocenters. The van der Waals surface area contributed by atoms with Crippen LogP contribution in [0.5, 0.6) is 5.75 Å². The molecule has 4 aromatic rings. The Bertz CT molecular complexity index is 1810. The van der Waals surface area contributed by atoms with Gasteiger partial charge in [0.2, 0.25) is 0 Å². The fourth-order valence-electron chi connectivity index (χ4n) is 4.56. The average Bonchev–Trinajstić information content (AvgIpc) is 3.25. The summed E-state index contributed by atoms with van der Waals surface area (Å²) < 4.78 is 13.1. The van der Waals surface area contributed by atoms with Gasteiger partial charge in [-0.3, -0.25) is 19.5 Å². The highest BCUT2D eigenvalue weighted by molar-refractivity contribution is 7.07. The maximum Gasteiger partial charge on any atom is 0.338 e. The Hall–Kier alpha value is -4.83. The summed E-state index contributed by atoms with van der Waals surface area (Å²) in [6.07, 6.45) is 1.74. The molecule has 0 amide bonds. The van der Waals surface area contributed by atoms with Gasteiger partial charge in [-0.2, -0.15) is 0 Å². The van der Waals surface area contributed by atoms with Gasteiger partial charge in [-0.25, -0.2) is 9.79 Å². The van der Waals surface area contributed by atoms with Gasteiger partial charge in [-0.15, -0.1) is 0 Å². The number of allylic oxidation sites excluding steroid dienone is 1. The average molecular weight is 556 g/mol. The van der Waals surface area contributed by atoms with Gasteiger partial charge in [0.25, 0.3) is 11.2 Å². The number of hydrogen-bond acceptors (Lipinski definition) is 8. The summed E-state index contributed by atoms with van der Waals surface area (Å²) in [4.78, 5) is 42.7. The van der Waals surface area contributed by atoms with Crippen molar-refractivity contribution in [3.8, 4) is 5.75 Å². The number of nitro benzene ring substituents is 1. The van der Waals surface area contributed by atoms with Crippen molar-refractivity contribution in [1.29, 1.82) is 0 Å². The van der Waals surface area contributed by atoms with Crippen LogP contribution in [-0.4, -0.2) is 22.1 Å². The predicted octanol–water partition coefficient (Wildman–Crippen LogP) is 4.29. The molecule has 0 radical (unpaired) electrons. The number of thiazole rings is 1. The van der Waals surface area contributed by atoms with E-state index in [9.17, 15) is 19.7 Å². The number of aromatic nitrogens is 1. The topological polar surface area (TPSA) is 113 Å². The summed E-state index contributed by atoms with van der Waals surface area (Å²) in [5.41, 5.74) is 2.49. The molecule has 10 heteroatoms. The van der Waals surface area contributed by atoms with Crippen molar-refractivity contribution in [2.75, 3.05) is 6.61 Å². The van der Waals surface area contributed by atoms with Crippen molar-refractivity contribution in [3.05, 3.63) is 137 Å². The van der Waals surface area contributed by atoms with Gasteiger partial charge in [0.05, 0.1) is 38.9 Å². The lowest BCUT2D eigenvalue weighted by molar-refractivity contribution is -0.385. The molecule has 0 spiro atoms. The van der Waals surface area contributed by atoms with Gasteiger partial charge in [0.1, 0.15) is 12.4 Å². The van der Waals surface area contributed by atoms with E-state index < -0.39 is 16.9 Å². The highest BCUT2D eigenvalue weighted by atomic mass is 32.1. The summed E-state index contributed by atoms with van der Waals surface area (Å²) in [6, 6.07) is 22.2. The van der Waals surface area contributed by atoms with E-state index in [0.29, 0.717) is 37.5 Å². The number of para-hydroxylation sites is 1. The number of nitrogens with zero attached hydrogens (tertiary/aromatic N) is 3. The number of fused-ring (bicyclic) bond motifs is 1. The number of nitro groups is 1. The lowest BCUT2D eigenvalue weighted by atomic mass is 9.96. The number of hydrogen-bond donors (Lipinski definition) is 0. The SMILES string of the molecule is CCOC(=O)C1=C(C)N=c2s/c(=C\c3cccc(OCc4ccccc4[N+](=O)[O-])c3)c(=O)n2[C@H]1c1ccccc1. The maximum absolute atomic E-state index is 13.7. The fraction of sp³-hybridized carbons (Fsp3) is 0.167. The number of ether oxygens (including phenoxy) is 2. The molecule has 1 aliphatic heterocycles. The molecule has 3 aromatic carbocycles. The second-order valence-corrected chi connectivity index (χ2v) is 9.97. The van der Waals surface area contributed by atoms with Crippen LogP contribution in [0.4, 0.5) is 5.69 Å². The molecule has 0 aliphatic carbocycles. The van der Waals surface area contributed by atoms with Crippen LogP contribution in [0.3, 0.4) is 0 Å². The van der Waals surface area contributed by atoms with Crippen molar-refractivity contribution in [3.63, 3.8) is 0 Å². The van der Waals surface area contributed by atoms with Gasteiger partial charge < -0.3 is 9.47 Å². The van der Waals surface area contributed by atoms with Gasteiger partial charge in [0, 0.05) is 6.07 Å². The van der Waals surface area contributed by atoms with Gasteiger partial charge in [0.15, 0.2) is 4.80 Å². The van der Waals surface area contributed by atoms with E-state index in [-0.39, 0.29) is 24.5 Å². The molecule has 40 heavy (non-hydrogen) atoms. The van der Waals surface area contributed by atoms with E-state index >= 15 is 0 Å². The molecule has 5 rings (SSSR count). The lowest BCUT2D eigenvalue weighted by Crippen LogP contribution is -2.39. The third-order valence-corrected chi connectivity index (χ3v) is 7.35. The molecule has 0 saturated heterocycles. The second kappa shape index (κ2) is 11.5. The minimum absolute atomic E-state index is 0.00906. The Balaban J connectivity index is 1.52. The molecular formula is C30H25N3O6S. The smallest absolute Gasteiger partial charge is 0.338 e. The van der Waals surface area contributed by atoms with E-state index in [1.807, 2.05) is 36.4 Å². The molecule has 202 valence electrons. The quantitative estimate of drug-likeness (QED) is 0.182. The first-order chi connectivity index (χ1) is 19.4. The summed E-state index contributed by atoms with van der Waals surface area (Å²) in [7, 11) is 0. The zero-order valence-corrected chi connectivity index (χ0v) is 22.6. The van der Waals surface area contributed by atoms with E-state index in [4.69, 9.17) is 9.47 Å². The molecule has 1 aromatic heterocycles. The third kappa shape index (κ3) is 5.34. The van der Waals surface area contributed by atoms with Crippen molar-refractivity contribution in [1.82, 2.24) is 4.57 Å². The fourth-order valence-corrected chi connectivity index (χ4v) is 5.61. The minimum atomic E-state index is -0.671. The Morgan fingerprint density at radius 2 is 1.85 bits per heavy atom. The van der Waals surface area contributed by atoms with Crippen molar-refractivity contribution >= 4 is 29.1 Å². The van der Waals surface area contributed by atoms with Crippen LogP contribution in [-0.2, 0) is 16.1 Å². The number of esters is 1. The molecule has 9 nitrogen and oxygen atoms in total. The van der Waals surface area contributed by atoms with E-state index in [0.717, 1.165) is 5.56 Å².